The molecule has 1 aliphatic heterocycles. The van der Waals surface area contributed by atoms with Crippen LogP contribution in [-0.2, 0) is 0 Å². The van der Waals surface area contributed by atoms with Gasteiger partial charge in [0.2, 0.25) is 0 Å². The molecule has 1 saturated heterocycles. The van der Waals surface area contributed by atoms with E-state index in [4.69, 9.17) is 16.3 Å². The Morgan fingerprint density at radius 3 is 2.70 bits per heavy atom. The summed E-state index contributed by atoms with van der Waals surface area (Å²) in [6.45, 7) is 2.93. The van der Waals surface area contributed by atoms with Gasteiger partial charge < -0.3 is 14.7 Å². The van der Waals surface area contributed by atoms with Gasteiger partial charge in [0.1, 0.15) is 18.5 Å². The number of rotatable bonds is 6. The van der Waals surface area contributed by atoms with Crippen molar-refractivity contribution in [3.63, 3.8) is 0 Å². The largest absolute Gasteiger partial charge is 0.491 e. The van der Waals surface area contributed by atoms with Crippen LogP contribution in [0.2, 0.25) is 5.02 Å². The van der Waals surface area contributed by atoms with Gasteiger partial charge in [0.05, 0.1) is 6.20 Å². The van der Waals surface area contributed by atoms with Gasteiger partial charge in [-0.25, -0.2) is 0 Å². The Morgan fingerprint density at radius 2 is 2.04 bits per heavy atom. The van der Waals surface area contributed by atoms with Gasteiger partial charge in [0, 0.05) is 17.8 Å². The predicted molar refractivity (Wildman–Crippen MR) is 90.0 cm³/mol. The second kappa shape index (κ2) is 7.81. The summed E-state index contributed by atoms with van der Waals surface area (Å²) in [6, 6.07) is 7.19. The molecule has 2 heterocycles. The molecule has 23 heavy (non-hydrogen) atoms. The Bertz CT molecular complexity index is 580. The molecule has 2 N–H and O–H groups in total. The first-order valence-corrected chi connectivity index (χ1v) is 8.36. The van der Waals surface area contributed by atoms with Crippen LogP contribution in [0.25, 0.3) is 0 Å². The van der Waals surface area contributed by atoms with Crippen molar-refractivity contribution in [3.05, 3.63) is 47.2 Å². The Balaban J connectivity index is 1.39. The van der Waals surface area contributed by atoms with Gasteiger partial charge in [-0.15, -0.1) is 0 Å². The van der Waals surface area contributed by atoms with Gasteiger partial charge in [-0.3, -0.25) is 5.10 Å². The first kappa shape index (κ1) is 16.3. The van der Waals surface area contributed by atoms with Gasteiger partial charge >= 0.3 is 0 Å². The fourth-order valence-corrected chi connectivity index (χ4v) is 3.13. The number of nitrogens with zero attached hydrogens (tertiary/aromatic N) is 2. The second-order valence-electron chi connectivity index (χ2n) is 6.03. The molecule has 2 aromatic rings. The van der Waals surface area contributed by atoms with Crippen LogP contribution in [0.5, 0.6) is 5.75 Å². The van der Waals surface area contributed by atoms with Crippen LogP contribution in [0, 0.1) is 0 Å². The quantitative estimate of drug-likeness (QED) is 0.852. The molecule has 0 amide bonds. The SMILES string of the molecule is O[C@@H](COc1ccc(Cl)cc1)CN1CCC(c2cn[nH]c2)CC1. The Labute approximate surface area is 141 Å². The number of piperidine rings is 1. The van der Waals surface area contributed by atoms with Gasteiger partial charge in [-0.1, -0.05) is 11.6 Å². The van der Waals surface area contributed by atoms with Crippen molar-refractivity contribution in [1.82, 2.24) is 15.1 Å². The fourth-order valence-electron chi connectivity index (χ4n) is 3.01. The molecule has 0 aliphatic carbocycles. The van der Waals surface area contributed by atoms with E-state index in [1.807, 2.05) is 24.5 Å². The second-order valence-corrected chi connectivity index (χ2v) is 6.46. The summed E-state index contributed by atoms with van der Waals surface area (Å²) in [6.07, 6.45) is 5.61. The molecule has 6 heteroatoms. The summed E-state index contributed by atoms with van der Waals surface area (Å²) in [5, 5.41) is 17.7. The standard InChI is InChI=1S/C17H22ClN3O2/c18-15-1-3-17(4-2-15)23-12-16(22)11-21-7-5-13(6-8-21)14-9-19-20-10-14/h1-4,9-10,13,16,22H,5-8,11-12H2,(H,19,20)/t16-/m1/s1. The number of β-amino-alcohol motifs (C(OH)–C–C–N with tert-alkyl or cyclic N) is 1. The summed E-state index contributed by atoms with van der Waals surface area (Å²) >= 11 is 5.83. The van der Waals surface area contributed by atoms with E-state index in [2.05, 4.69) is 15.1 Å². The minimum Gasteiger partial charge on any atom is -0.491 e. The molecule has 0 saturated carbocycles. The van der Waals surface area contributed by atoms with Crippen molar-refractivity contribution in [2.24, 2.45) is 0 Å². The van der Waals surface area contributed by atoms with Crippen LogP contribution in [-0.4, -0.2) is 52.5 Å². The van der Waals surface area contributed by atoms with E-state index in [1.165, 1.54) is 5.56 Å². The minimum atomic E-state index is -0.490. The molecule has 1 aromatic carbocycles. The van der Waals surface area contributed by atoms with Crippen LogP contribution in [0.3, 0.4) is 0 Å². The normalized spacial score (nSPS) is 18.0. The zero-order valence-corrected chi connectivity index (χ0v) is 13.7. The average molecular weight is 336 g/mol. The number of halogens is 1. The molecule has 0 radical (unpaired) electrons. The third-order valence-corrected chi connectivity index (χ3v) is 4.56. The minimum absolute atomic E-state index is 0.295. The van der Waals surface area contributed by atoms with Gasteiger partial charge in [0.25, 0.3) is 0 Å². The van der Waals surface area contributed by atoms with E-state index < -0.39 is 6.10 Å². The summed E-state index contributed by atoms with van der Waals surface area (Å²) in [5.74, 6) is 1.31. The number of aromatic nitrogens is 2. The fraction of sp³-hybridized carbons (Fsp3) is 0.471. The van der Waals surface area contributed by atoms with Gasteiger partial charge in [-0.05, 0) is 61.7 Å². The number of aliphatic hydroxyl groups is 1. The van der Waals surface area contributed by atoms with Crippen molar-refractivity contribution in [1.29, 1.82) is 0 Å². The number of aromatic amines is 1. The van der Waals surface area contributed by atoms with Crippen molar-refractivity contribution in [2.45, 2.75) is 24.9 Å². The summed E-state index contributed by atoms with van der Waals surface area (Å²) < 4.78 is 5.60. The van der Waals surface area contributed by atoms with Crippen molar-refractivity contribution >= 4 is 11.6 Å². The van der Waals surface area contributed by atoms with Crippen molar-refractivity contribution in [3.8, 4) is 5.75 Å². The Kier molecular flexibility index (Phi) is 5.54. The van der Waals surface area contributed by atoms with E-state index in [-0.39, 0.29) is 0 Å². The van der Waals surface area contributed by atoms with E-state index in [0.717, 1.165) is 31.7 Å². The van der Waals surface area contributed by atoms with Gasteiger partial charge in [0.15, 0.2) is 0 Å². The lowest BCUT2D eigenvalue weighted by molar-refractivity contribution is 0.0594. The van der Waals surface area contributed by atoms with Crippen LogP contribution in [0.15, 0.2) is 36.7 Å². The number of hydrogen-bond donors (Lipinski definition) is 2. The van der Waals surface area contributed by atoms with Crippen LogP contribution < -0.4 is 4.74 Å². The number of likely N-dealkylation sites (tertiary alicyclic amines) is 1. The molecular formula is C17H22ClN3O2. The molecule has 1 fully saturated rings. The highest BCUT2D eigenvalue weighted by Gasteiger charge is 2.22. The third-order valence-electron chi connectivity index (χ3n) is 4.30. The molecule has 1 aromatic heterocycles. The number of nitrogens with one attached hydrogen (secondary N) is 1. The van der Waals surface area contributed by atoms with Crippen molar-refractivity contribution in [2.75, 3.05) is 26.2 Å². The summed E-state index contributed by atoms with van der Waals surface area (Å²) in [7, 11) is 0. The van der Waals surface area contributed by atoms with E-state index in [9.17, 15) is 5.11 Å². The van der Waals surface area contributed by atoms with Crippen LogP contribution in [0.1, 0.15) is 24.3 Å². The summed E-state index contributed by atoms with van der Waals surface area (Å²) in [4.78, 5) is 2.30. The predicted octanol–water partition coefficient (Wildman–Crippen LogP) is 2.68. The summed E-state index contributed by atoms with van der Waals surface area (Å²) in [5.41, 5.74) is 1.29. The first-order valence-electron chi connectivity index (χ1n) is 7.98. The lowest BCUT2D eigenvalue weighted by atomic mass is 9.91. The zero-order chi connectivity index (χ0) is 16.1. The number of H-pyrrole nitrogens is 1. The molecule has 0 unspecified atom stereocenters. The number of benzene rings is 1. The molecule has 1 atom stereocenters. The molecule has 0 spiro atoms. The molecule has 0 bridgehead atoms. The number of hydrogen-bond acceptors (Lipinski definition) is 4. The van der Waals surface area contributed by atoms with E-state index in [0.29, 0.717) is 24.1 Å². The average Bonchev–Trinajstić information content (AvgIpc) is 3.09. The highest BCUT2D eigenvalue weighted by molar-refractivity contribution is 6.30. The molecule has 3 rings (SSSR count). The Hall–Kier alpha value is -1.56. The molecule has 5 nitrogen and oxygen atoms in total. The van der Waals surface area contributed by atoms with E-state index in [1.54, 1.807) is 12.1 Å². The maximum Gasteiger partial charge on any atom is 0.119 e. The van der Waals surface area contributed by atoms with E-state index >= 15 is 0 Å². The zero-order valence-electron chi connectivity index (χ0n) is 13.0. The lowest BCUT2D eigenvalue weighted by Gasteiger charge is -2.32. The third kappa shape index (κ3) is 4.70. The smallest absolute Gasteiger partial charge is 0.119 e. The topological polar surface area (TPSA) is 61.4 Å². The molecular weight excluding hydrogens is 314 g/mol. The highest BCUT2D eigenvalue weighted by Crippen LogP contribution is 2.27. The highest BCUT2D eigenvalue weighted by atomic mass is 35.5. The van der Waals surface area contributed by atoms with Gasteiger partial charge in [-0.2, -0.15) is 5.10 Å². The molecule has 1 aliphatic rings. The van der Waals surface area contributed by atoms with Crippen LogP contribution >= 0.6 is 11.6 Å². The Morgan fingerprint density at radius 1 is 1.30 bits per heavy atom. The van der Waals surface area contributed by atoms with Crippen LogP contribution in [0.4, 0.5) is 0 Å². The maximum atomic E-state index is 10.2. The first-order chi connectivity index (χ1) is 11.2. The lowest BCUT2D eigenvalue weighted by Crippen LogP contribution is -2.40. The monoisotopic (exact) mass is 335 g/mol. The maximum absolute atomic E-state index is 10.2. The molecule has 124 valence electrons. The number of aliphatic hydroxyl groups excluding tert-OH is 1. The number of ether oxygens (including phenoxy) is 1. The van der Waals surface area contributed by atoms with Crippen molar-refractivity contribution < 1.29 is 9.84 Å².